The van der Waals surface area contributed by atoms with Gasteiger partial charge < -0.3 is 5.11 Å². The molecule has 0 unspecified atom stereocenters. The molecular formula is C15H15Cl2NO3S. The normalized spacial score (nSPS) is 11.8. The van der Waals surface area contributed by atoms with Gasteiger partial charge in [0.15, 0.2) is 0 Å². The predicted octanol–water partition coefficient (Wildman–Crippen LogP) is 3.18. The van der Waals surface area contributed by atoms with E-state index in [9.17, 15) is 13.5 Å². The molecule has 118 valence electrons. The van der Waals surface area contributed by atoms with Crippen molar-refractivity contribution in [2.45, 2.75) is 11.4 Å². The first-order chi connectivity index (χ1) is 10.4. The second-order valence-corrected chi connectivity index (χ2v) is 7.37. The zero-order valence-electron chi connectivity index (χ0n) is 11.6. The standard InChI is InChI=1S/C15H15Cl2NO3S/c16-13-6-7-14(17)15(10-13)22(20,21)18(8-9-19)11-12-4-2-1-3-5-12/h1-7,10,19H,8-9,11H2. The molecule has 1 N–H and O–H groups in total. The lowest BCUT2D eigenvalue weighted by atomic mass is 10.2. The van der Waals surface area contributed by atoms with Gasteiger partial charge in [0.05, 0.1) is 11.6 Å². The quantitative estimate of drug-likeness (QED) is 0.861. The van der Waals surface area contributed by atoms with Gasteiger partial charge in [0.1, 0.15) is 4.90 Å². The number of sulfonamides is 1. The van der Waals surface area contributed by atoms with Crippen LogP contribution in [0.3, 0.4) is 0 Å². The molecule has 0 saturated heterocycles. The number of hydrogen-bond acceptors (Lipinski definition) is 3. The van der Waals surface area contributed by atoms with Gasteiger partial charge in [-0.3, -0.25) is 0 Å². The Morgan fingerprint density at radius 2 is 1.73 bits per heavy atom. The van der Waals surface area contributed by atoms with Gasteiger partial charge in [0.2, 0.25) is 10.0 Å². The van der Waals surface area contributed by atoms with E-state index < -0.39 is 10.0 Å². The average molecular weight is 360 g/mol. The lowest BCUT2D eigenvalue weighted by molar-refractivity contribution is 0.251. The van der Waals surface area contributed by atoms with Crippen molar-refractivity contribution in [1.29, 1.82) is 0 Å². The third-order valence-corrected chi connectivity index (χ3v) is 5.62. The Kier molecular flexibility index (Phi) is 5.83. The highest BCUT2D eigenvalue weighted by Gasteiger charge is 2.26. The molecule has 0 aliphatic rings. The lowest BCUT2D eigenvalue weighted by Crippen LogP contribution is -2.33. The van der Waals surface area contributed by atoms with E-state index in [4.69, 9.17) is 23.2 Å². The van der Waals surface area contributed by atoms with Crippen molar-refractivity contribution in [3.8, 4) is 0 Å². The number of hydrogen-bond donors (Lipinski definition) is 1. The van der Waals surface area contributed by atoms with Crippen LogP contribution in [0.15, 0.2) is 53.4 Å². The highest BCUT2D eigenvalue weighted by atomic mass is 35.5. The zero-order chi connectivity index (χ0) is 16.2. The summed E-state index contributed by atoms with van der Waals surface area (Å²) < 4.78 is 26.7. The average Bonchev–Trinajstić information content (AvgIpc) is 2.50. The monoisotopic (exact) mass is 359 g/mol. The van der Waals surface area contributed by atoms with Gasteiger partial charge in [-0.2, -0.15) is 4.31 Å². The Labute approximate surface area is 140 Å². The highest BCUT2D eigenvalue weighted by molar-refractivity contribution is 7.89. The van der Waals surface area contributed by atoms with Gasteiger partial charge in [-0.25, -0.2) is 8.42 Å². The summed E-state index contributed by atoms with van der Waals surface area (Å²) in [5.74, 6) is 0. The fourth-order valence-corrected chi connectivity index (χ4v) is 4.15. The SMILES string of the molecule is O=S(=O)(c1cc(Cl)ccc1Cl)N(CCO)Cc1ccccc1. The molecule has 0 heterocycles. The molecule has 0 saturated carbocycles. The summed E-state index contributed by atoms with van der Waals surface area (Å²) in [5, 5.41) is 9.57. The van der Waals surface area contributed by atoms with E-state index in [-0.39, 0.29) is 34.6 Å². The van der Waals surface area contributed by atoms with Gasteiger partial charge >= 0.3 is 0 Å². The Bertz CT molecular complexity index is 736. The number of rotatable bonds is 6. The summed E-state index contributed by atoms with van der Waals surface area (Å²) in [6.45, 7) is -0.170. The molecule has 22 heavy (non-hydrogen) atoms. The summed E-state index contributed by atoms with van der Waals surface area (Å²) in [7, 11) is -3.86. The van der Waals surface area contributed by atoms with Crippen molar-refractivity contribution in [2.75, 3.05) is 13.2 Å². The second-order valence-electron chi connectivity index (χ2n) is 4.62. The van der Waals surface area contributed by atoms with Gasteiger partial charge in [-0.1, -0.05) is 53.5 Å². The molecule has 0 atom stereocenters. The first kappa shape index (κ1) is 17.2. The molecule has 0 bridgehead atoms. The minimum atomic E-state index is -3.86. The van der Waals surface area contributed by atoms with Crippen LogP contribution in [-0.2, 0) is 16.6 Å². The minimum absolute atomic E-state index is 0.0277. The zero-order valence-corrected chi connectivity index (χ0v) is 13.9. The highest BCUT2D eigenvalue weighted by Crippen LogP contribution is 2.28. The molecule has 0 spiro atoms. The van der Waals surface area contributed by atoms with Crippen molar-refractivity contribution in [1.82, 2.24) is 4.31 Å². The second kappa shape index (κ2) is 7.44. The molecule has 0 aliphatic carbocycles. The first-order valence-electron chi connectivity index (χ1n) is 6.55. The third-order valence-electron chi connectivity index (χ3n) is 3.06. The first-order valence-corrected chi connectivity index (χ1v) is 8.74. The Morgan fingerprint density at radius 1 is 1.05 bits per heavy atom. The lowest BCUT2D eigenvalue weighted by Gasteiger charge is -2.22. The molecule has 0 radical (unpaired) electrons. The third kappa shape index (κ3) is 4.00. The Balaban J connectivity index is 2.39. The summed E-state index contributed by atoms with van der Waals surface area (Å²) >= 11 is 11.9. The summed E-state index contributed by atoms with van der Waals surface area (Å²) in [6, 6.07) is 13.4. The maximum absolute atomic E-state index is 12.8. The van der Waals surface area contributed by atoms with Crippen molar-refractivity contribution in [3.63, 3.8) is 0 Å². The van der Waals surface area contributed by atoms with Crippen LogP contribution in [0.2, 0.25) is 10.0 Å². The van der Waals surface area contributed by atoms with E-state index in [2.05, 4.69) is 0 Å². The molecule has 4 nitrogen and oxygen atoms in total. The molecule has 0 fully saturated rings. The van der Waals surface area contributed by atoms with Gasteiger partial charge in [-0.05, 0) is 23.8 Å². The van der Waals surface area contributed by atoms with Gasteiger partial charge in [0, 0.05) is 18.1 Å². The Hall–Kier alpha value is -1.11. The van der Waals surface area contributed by atoms with E-state index in [1.807, 2.05) is 30.3 Å². The van der Waals surface area contributed by atoms with Crippen LogP contribution in [0.1, 0.15) is 5.56 Å². The van der Waals surface area contributed by atoms with E-state index in [1.54, 1.807) is 0 Å². The number of benzene rings is 2. The minimum Gasteiger partial charge on any atom is -0.395 e. The van der Waals surface area contributed by atoms with Crippen molar-refractivity contribution < 1.29 is 13.5 Å². The van der Waals surface area contributed by atoms with Crippen molar-refractivity contribution in [3.05, 3.63) is 64.1 Å². The van der Waals surface area contributed by atoms with Crippen LogP contribution in [0, 0.1) is 0 Å². The van der Waals surface area contributed by atoms with Crippen molar-refractivity contribution in [2.24, 2.45) is 0 Å². The van der Waals surface area contributed by atoms with Crippen LogP contribution in [0.5, 0.6) is 0 Å². The number of nitrogens with zero attached hydrogens (tertiary/aromatic N) is 1. The van der Waals surface area contributed by atoms with Crippen LogP contribution in [0.25, 0.3) is 0 Å². The van der Waals surface area contributed by atoms with Crippen LogP contribution in [-0.4, -0.2) is 31.0 Å². The number of halogens is 2. The number of aliphatic hydroxyl groups is 1. The molecule has 0 amide bonds. The predicted molar refractivity (Wildman–Crippen MR) is 87.6 cm³/mol. The van der Waals surface area contributed by atoms with Crippen LogP contribution >= 0.6 is 23.2 Å². The fourth-order valence-electron chi connectivity index (χ4n) is 2.00. The summed E-state index contributed by atoms with van der Waals surface area (Å²) in [4.78, 5) is -0.0638. The molecular weight excluding hydrogens is 345 g/mol. The molecule has 2 rings (SSSR count). The topological polar surface area (TPSA) is 57.6 Å². The maximum atomic E-state index is 12.8. The molecule has 7 heteroatoms. The van der Waals surface area contributed by atoms with E-state index >= 15 is 0 Å². The smallest absolute Gasteiger partial charge is 0.244 e. The van der Waals surface area contributed by atoms with Crippen molar-refractivity contribution >= 4 is 33.2 Å². The summed E-state index contributed by atoms with van der Waals surface area (Å²) in [5.41, 5.74) is 0.817. The Morgan fingerprint density at radius 3 is 2.36 bits per heavy atom. The van der Waals surface area contributed by atoms with E-state index in [0.29, 0.717) is 0 Å². The van der Waals surface area contributed by atoms with Gasteiger partial charge in [0.25, 0.3) is 0 Å². The maximum Gasteiger partial charge on any atom is 0.244 e. The van der Waals surface area contributed by atoms with Crippen LogP contribution < -0.4 is 0 Å². The summed E-state index contributed by atoms with van der Waals surface area (Å²) in [6.07, 6.45) is 0. The molecule has 2 aromatic rings. The van der Waals surface area contributed by atoms with Crippen LogP contribution in [0.4, 0.5) is 0 Å². The largest absolute Gasteiger partial charge is 0.395 e. The number of aliphatic hydroxyl groups excluding tert-OH is 1. The molecule has 0 aliphatic heterocycles. The fraction of sp³-hybridized carbons (Fsp3) is 0.200. The van der Waals surface area contributed by atoms with E-state index in [0.717, 1.165) is 5.56 Å². The van der Waals surface area contributed by atoms with E-state index in [1.165, 1.54) is 22.5 Å². The molecule has 0 aromatic heterocycles. The molecule has 2 aromatic carbocycles. The van der Waals surface area contributed by atoms with Gasteiger partial charge in [-0.15, -0.1) is 0 Å².